The fraction of sp³-hybridized carbons (Fsp3) is 0.400. The average Bonchev–Trinajstić information content (AvgIpc) is 2.69. The Hall–Kier alpha value is -1.96. The first-order chi connectivity index (χ1) is 13.0. The van der Waals surface area contributed by atoms with Crippen molar-refractivity contribution >= 4 is 10.0 Å². The van der Waals surface area contributed by atoms with Crippen molar-refractivity contribution in [3.05, 3.63) is 59.4 Å². The number of ether oxygens (including phenoxy) is 2. The number of hydrogen-bond acceptors (Lipinski definition) is 4. The molecule has 7 heteroatoms. The molecule has 0 aliphatic carbocycles. The van der Waals surface area contributed by atoms with Gasteiger partial charge in [-0.25, -0.2) is 12.8 Å². The molecule has 1 saturated heterocycles. The lowest BCUT2D eigenvalue weighted by molar-refractivity contribution is -0.0891. The Labute approximate surface area is 158 Å². The Kier molecular flexibility index (Phi) is 4.70. The molecule has 2 aliphatic heterocycles. The van der Waals surface area contributed by atoms with E-state index in [0.29, 0.717) is 32.5 Å². The second-order valence-electron chi connectivity index (χ2n) is 6.95. The number of benzene rings is 2. The summed E-state index contributed by atoms with van der Waals surface area (Å²) in [4.78, 5) is -0.0540. The second kappa shape index (κ2) is 6.89. The SMILES string of the molecule is COc1ccc(S(=O)(=O)N2CCC3(CC2)OCCc2ccccc23)cc1F. The summed E-state index contributed by atoms with van der Waals surface area (Å²) in [6.07, 6.45) is 2.05. The van der Waals surface area contributed by atoms with Crippen LogP contribution in [0.25, 0.3) is 0 Å². The molecule has 144 valence electrons. The summed E-state index contributed by atoms with van der Waals surface area (Å²) in [7, 11) is -2.41. The van der Waals surface area contributed by atoms with Crippen molar-refractivity contribution in [1.29, 1.82) is 0 Å². The summed E-state index contributed by atoms with van der Waals surface area (Å²) in [6.45, 7) is 1.32. The van der Waals surface area contributed by atoms with Gasteiger partial charge in [-0.15, -0.1) is 0 Å². The smallest absolute Gasteiger partial charge is 0.243 e. The molecule has 0 N–H and O–H groups in total. The minimum atomic E-state index is -3.76. The third-order valence-electron chi connectivity index (χ3n) is 5.55. The molecule has 0 aromatic heterocycles. The molecular formula is C20H22FNO4S. The first kappa shape index (κ1) is 18.4. The lowest BCUT2D eigenvalue weighted by Gasteiger charge is -2.44. The highest BCUT2D eigenvalue weighted by molar-refractivity contribution is 7.89. The molecule has 27 heavy (non-hydrogen) atoms. The Morgan fingerprint density at radius 1 is 1.15 bits per heavy atom. The van der Waals surface area contributed by atoms with Gasteiger partial charge in [-0.05, 0) is 48.6 Å². The molecule has 2 aromatic rings. The van der Waals surface area contributed by atoms with Gasteiger partial charge in [0.2, 0.25) is 10.0 Å². The molecule has 0 saturated carbocycles. The van der Waals surface area contributed by atoms with Crippen molar-refractivity contribution in [3.63, 3.8) is 0 Å². The van der Waals surface area contributed by atoms with Gasteiger partial charge in [0.1, 0.15) is 0 Å². The third kappa shape index (κ3) is 3.13. The van der Waals surface area contributed by atoms with Crippen LogP contribution in [0, 0.1) is 5.82 Å². The van der Waals surface area contributed by atoms with Gasteiger partial charge in [-0.3, -0.25) is 0 Å². The van der Waals surface area contributed by atoms with E-state index in [-0.39, 0.29) is 10.6 Å². The highest BCUT2D eigenvalue weighted by Crippen LogP contribution is 2.42. The fourth-order valence-corrected chi connectivity index (χ4v) is 5.53. The van der Waals surface area contributed by atoms with Crippen LogP contribution in [0.2, 0.25) is 0 Å². The van der Waals surface area contributed by atoms with E-state index in [2.05, 4.69) is 12.1 Å². The van der Waals surface area contributed by atoms with Gasteiger partial charge < -0.3 is 9.47 Å². The Balaban J connectivity index is 1.57. The van der Waals surface area contributed by atoms with Crippen LogP contribution in [-0.4, -0.2) is 39.5 Å². The molecule has 0 amide bonds. The van der Waals surface area contributed by atoms with E-state index >= 15 is 0 Å². The molecule has 2 aromatic carbocycles. The first-order valence-corrected chi connectivity index (χ1v) is 10.5. The van der Waals surface area contributed by atoms with Crippen molar-refractivity contribution in [3.8, 4) is 5.75 Å². The zero-order valence-corrected chi connectivity index (χ0v) is 16.0. The predicted octanol–water partition coefficient (Wildman–Crippen LogP) is 3.09. The third-order valence-corrected chi connectivity index (χ3v) is 7.44. The summed E-state index contributed by atoms with van der Waals surface area (Å²) in [5, 5.41) is 0. The van der Waals surface area contributed by atoms with Crippen LogP contribution in [-0.2, 0) is 26.8 Å². The minimum Gasteiger partial charge on any atom is -0.494 e. The van der Waals surface area contributed by atoms with Crippen LogP contribution in [0.3, 0.4) is 0 Å². The number of nitrogens with zero attached hydrogens (tertiary/aromatic N) is 1. The lowest BCUT2D eigenvalue weighted by Crippen LogP contribution is -2.48. The fourth-order valence-electron chi connectivity index (χ4n) is 4.07. The minimum absolute atomic E-state index is 0.0266. The molecule has 1 spiro atoms. The standard InChI is InChI=1S/C20H22FNO4S/c1-25-19-7-6-16(14-18(19)21)27(23,24)22-11-9-20(10-12-22)17-5-3-2-4-15(17)8-13-26-20/h2-7,14H,8-13H2,1H3. The maximum Gasteiger partial charge on any atom is 0.243 e. The highest BCUT2D eigenvalue weighted by atomic mass is 32.2. The number of rotatable bonds is 3. The van der Waals surface area contributed by atoms with Crippen molar-refractivity contribution in [2.24, 2.45) is 0 Å². The molecule has 4 rings (SSSR count). The number of piperidine rings is 1. The van der Waals surface area contributed by atoms with Gasteiger partial charge in [0.05, 0.1) is 24.2 Å². The molecule has 5 nitrogen and oxygen atoms in total. The summed E-state index contributed by atoms with van der Waals surface area (Å²) in [5.74, 6) is -0.657. The predicted molar refractivity (Wildman–Crippen MR) is 98.7 cm³/mol. The molecule has 0 atom stereocenters. The van der Waals surface area contributed by atoms with Crippen LogP contribution < -0.4 is 4.74 Å². The maximum absolute atomic E-state index is 14.0. The topological polar surface area (TPSA) is 55.8 Å². The summed E-state index contributed by atoms with van der Waals surface area (Å²) in [5.41, 5.74) is 2.02. The summed E-state index contributed by atoms with van der Waals surface area (Å²) < 4.78 is 52.3. The molecule has 0 unspecified atom stereocenters. The molecular weight excluding hydrogens is 369 g/mol. The van der Waals surface area contributed by atoms with Crippen LogP contribution >= 0.6 is 0 Å². The Bertz CT molecular complexity index is 952. The monoisotopic (exact) mass is 391 g/mol. The van der Waals surface area contributed by atoms with Crippen LogP contribution in [0.1, 0.15) is 24.0 Å². The number of sulfonamides is 1. The molecule has 0 radical (unpaired) electrons. The van der Waals surface area contributed by atoms with Crippen molar-refractivity contribution in [2.75, 3.05) is 26.8 Å². The van der Waals surface area contributed by atoms with Crippen LogP contribution in [0.15, 0.2) is 47.4 Å². The van der Waals surface area contributed by atoms with Gasteiger partial charge in [-0.2, -0.15) is 4.31 Å². The number of fused-ring (bicyclic) bond motifs is 2. The van der Waals surface area contributed by atoms with E-state index in [9.17, 15) is 12.8 Å². The maximum atomic E-state index is 14.0. The Morgan fingerprint density at radius 3 is 2.59 bits per heavy atom. The quantitative estimate of drug-likeness (QED) is 0.807. The molecule has 0 bridgehead atoms. The number of methoxy groups -OCH3 is 1. The van der Waals surface area contributed by atoms with Gasteiger partial charge in [0.25, 0.3) is 0 Å². The van der Waals surface area contributed by atoms with E-state index < -0.39 is 21.4 Å². The second-order valence-corrected chi connectivity index (χ2v) is 8.89. The highest BCUT2D eigenvalue weighted by Gasteiger charge is 2.43. The average molecular weight is 391 g/mol. The van der Waals surface area contributed by atoms with Gasteiger partial charge >= 0.3 is 0 Å². The van der Waals surface area contributed by atoms with E-state index in [1.807, 2.05) is 12.1 Å². The molecule has 1 fully saturated rings. The van der Waals surface area contributed by atoms with Crippen molar-refractivity contribution < 1.29 is 22.3 Å². The molecule has 2 aliphatic rings. The van der Waals surface area contributed by atoms with Crippen molar-refractivity contribution in [2.45, 2.75) is 29.8 Å². The van der Waals surface area contributed by atoms with Gasteiger partial charge in [-0.1, -0.05) is 24.3 Å². The van der Waals surface area contributed by atoms with E-state index in [1.54, 1.807) is 0 Å². The van der Waals surface area contributed by atoms with Crippen LogP contribution in [0.5, 0.6) is 5.75 Å². The summed E-state index contributed by atoms with van der Waals surface area (Å²) >= 11 is 0. The van der Waals surface area contributed by atoms with E-state index in [1.165, 1.54) is 34.7 Å². The largest absolute Gasteiger partial charge is 0.494 e. The van der Waals surface area contributed by atoms with Crippen LogP contribution in [0.4, 0.5) is 4.39 Å². The summed E-state index contributed by atoms with van der Waals surface area (Å²) in [6, 6.07) is 12.0. The van der Waals surface area contributed by atoms with E-state index in [0.717, 1.165) is 12.5 Å². The van der Waals surface area contributed by atoms with E-state index in [4.69, 9.17) is 9.47 Å². The zero-order chi connectivity index (χ0) is 19.1. The first-order valence-electron chi connectivity index (χ1n) is 9.02. The van der Waals surface area contributed by atoms with Crippen molar-refractivity contribution in [1.82, 2.24) is 4.31 Å². The Morgan fingerprint density at radius 2 is 1.89 bits per heavy atom. The number of hydrogen-bond donors (Lipinski definition) is 0. The van der Waals surface area contributed by atoms with Gasteiger partial charge in [0.15, 0.2) is 11.6 Å². The normalized spacial score (nSPS) is 19.6. The van der Waals surface area contributed by atoms with Gasteiger partial charge in [0, 0.05) is 13.1 Å². The zero-order valence-electron chi connectivity index (χ0n) is 15.2. The number of halogens is 1. The molecule has 2 heterocycles. The lowest BCUT2D eigenvalue weighted by atomic mass is 9.80.